The van der Waals surface area contributed by atoms with Crippen molar-refractivity contribution in [2.75, 3.05) is 7.05 Å². The number of amides is 1. The van der Waals surface area contributed by atoms with E-state index < -0.39 is 0 Å². The molecule has 1 N–H and O–H groups in total. The fraction of sp³-hybridized carbons (Fsp3) is 0.125. The summed E-state index contributed by atoms with van der Waals surface area (Å²) in [5.41, 5.74) is 0.312. The minimum atomic E-state index is -0.252. The fourth-order valence-corrected chi connectivity index (χ4v) is 3.59. The lowest BCUT2D eigenvalue weighted by Gasteiger charge is -2.12. The monoisotopic (exact) mass is 484 g/mol. The Morgan fingerprint density at radius 1 is 1.11 bits per heavy atom. The molecule has 142 valence electrons. The molecule has 0 saturated carbocycles. The quantitative estimate of drug-likeness (QED) is 0.256. The van der Waals surface area contributed by atoms with Gasteiger partial charge in [0.15, 0.2) is 10.9 Å². The Morgan fingerprint density at radius 3 is 2.26 bits per heavy atom. The Kier molecular flexibility index (Phi) is 6.15. The fourth-order valence-electron chi connectivity index (χ4n) is 2.17. The Morgan fingerprint density at radius 2 is 1.70 bits per heavy atom. The molecule has 1 aromatic carbocycles. The zero-order valence-electron chi connectivity index (χ0n) is 13.4. The summed E-state index contributed by atoms with van der Waals surface area (Å²) in [7, 11) is 1.58. The summed E-state index contributed by atoms with van der Waals surface area (Å²) in [5.74, 6) is 0.733. The van der Waals surface area contributed by atoms with E-state index in [9.17, 15) is 4.79 Å². The van der Waals surface area contributed by atoms with Crippen LogP contribution in [-0.2, 0) is 11.4 Å². The van der Waals surface area contributed by atoms with Crippen LogP contribution in [0.2, 0.25) is 25.1 Å². The topological polar surface area (TPSA) is 54.7 Å². The van der Waals surface area contributed by atoms with E-state index in [0.29, 0.717) is 22.3 Å². The van der Waals surface area contributed by atoms with Crippen molar-refractivity contribution in [3.63, 3.8) is 0 Å². The number of nitrogens with one attached hydrogen (secondary N) is 1. The maximum Gasteiger partial charge on any atom is 0.276 e. The third kappa shape index (κ3) is 4.01. The molecule has 0 aliphatic carbocycles. The molecule has 1 aromatic heterocycles. The molecule has 3 rings (SSSR count). The van der Waals surface area contributed by atoms with Crippen LogP contribution >= 0.6 is 70.2 Å². The lowest BCUT2D eigenvalue weighted by Crippen LogP contribution is -2.25. The van der Waals surface area contributed by atoms with Crippen LogP contribution in [0.4, 0.5) is 0 Å². The Bertz CT molecular complexity index is 960. The molecule has 0 spiro atoms. The molecule has 1 aliphatic rings. The maximum absolute atomic E-state index is 12.0. The summed E-state index contributed by atoms with van der Waals surface area (Å²) >= 11 is 35.2. The van der Waals surface area contributed by atoms with Gasteiger partial charge in [-0.3, -0.25) is 9.69 Å². The average molecular weight is 487 g/mol. The predicted molar refractivity (Wildman–Crippen MR) is 111 cm³/mol. The summed E-state index contributed by atoms with van der Waals surface area (Å²) in [4.78, 5) is 13.3. The number of hydrogen-bond donors (Lipinski definition) is 1. The molecular formula is C16H9Cl5N2O3S. The van der Waals surface area contributed by atoms with Crippen molar-refractivity contribution in [2.45, 2.75) is 6.61 Å². The SMILES string of the molecule is CN1C(=O)/C(=C\c2ccc(COc3c(Cl)c(Cl)c(Cl)c(Cl)c3Cl)o2)NC1=S. The van der Waals surface area contributed by atoms with Gasteiger partial charge in [-0.2, -0.15) is 0 Å². The van der Waals surface area contributed by atoms with Gasteiger partial charge in [0.05, 0.1) is 15.1 Å². The van der Waals surface area contributed by atoms with E-state index in [0.717, 1.165) is 0 Å². The lowest BCUT2D eigenvalue weighted by atomic mass is 10.3. The largest absolute Gasteiger partial charge is 0.482 e. The summed E-state index contributed by atoms with van der Waals surface area (Å²) in [6.07, 6.45) is 1.54. The Balaban J connectivity index is 1.77. The van der Waals surface area contributed by atoms with Crippen molar-refractivity contribution in [2.24, 2.45) is 0 Å². The summed E-state index contributed by atoms with van der Waals surface area (Å²) in [6.45, 7) is -0.00338. The number of benzene rings is 1. The molecule has 2 heterocycles. The van der Waals surface area contributed by atoms with Crippen molar-refractivity contribution in [1.29, 1.82) is 0 Å². The van der Waals surface area contributed by atoms with E-state index in [1.165, 1.54) is 11.0 Å². The maximum atomic E-state index is 12.0. The zero-order valence-corrected chi connectivity index (χ0v) is 18.0. The second kappa shape index (κ2) is 8.07. The van der Waals surface area contributed by atoms with E-state index in [1.54, 1.807) is 19.2 Å². The van der Waals surface area contributed by atoms with Gasteiger partial charge >= 0.3 is 0 Å². The highest BCUT2D eigenvalue weighted by Gasteiger charge is 2.27. The van der Waals surface area contributed by atoms with Gasteiger partial charge in [-0.25, -0.2) is 0 Å². The molecule has 1 saturated heterocycles. The van der Waals surface area contributed by atoms with Crippen LogP contribution < -0.4 is 10.1 Å². The average Bonchev–Trinajstić information content (AvgIpc) is 3.18. The standard InChI is InChI=1S/C16H9Cl5N2O3S/c1-23-15(24)8(22-16(23)27)4-6-2-3-7(26-6)5-25-14-12(20)10(18)9(17)11(19)13(14)21/h2-4H,5H2,1H3,(H,22,27)/b8-4+. The normalized spacial score (nSPS) is 15.6. The van der Waals surface area contributed by atoms with Crippen LogP contribution in [0.5, 0.6) is 5.75 Å². The van der Waals surface area contributed by atoms with E-state index in [2.05, 4.69) is 5.32 Å². The first-order valence-electron chi connectivity index (χ1n) is 7.24. The number of halogens is 5. The van der Waals surface area contributed by atoms with Crippen LogP contribution in [-0.4, -0.2) is 23.0 Å². The Hall–Kier alpha value is -1.15. The molecule has 0 unspecified atom stereocenters. The number of carbonyl (C=O) groups is 1. The molecule has 1 aliphatic heterocycles. The summed E-state index contributed by atoms with van der Waals surface area (Å²) in [6, 6.07) is 3.35. The Labute approximate surface area is 184 Å². The smallest absolute Gasteiger partial charge is 0.276 e. The van der Waals surface area contributed by atoms with E-state index in [-0.39, 0.29) is 43.4 Å². The molecule has 0 radical (unpaired) electrons. The van der Waals surface area contributed by atoms with Crippen LogP contribution in [0.25, 0.3) is 6.08 Å². The van der Waals surface area contributed by atoms with Crippen LogP contribution in [0.3, 0.4) is 0 Å². The zero-order chi connectivity index (χ0) is 19.9. The molecule has 0 bridgehead atoms. The lowest BCUT2D eigenvalue weighted by molar-refractivity contribution is -0.121. The van der Waals surface area contributed by atoms with Gasteiger partial charge in [0.1, 0.15) is 33.9 Å². The first-order chi connectivity index (χ1) is 12.7. The van der Waals surface area contributed by atoms with Crippen molar-refractivity contribution in [1.82, 2.24) is 10.2 Å². The highest BCUT2D eigenvalue weighted by Crippen LogP contribution is 2.48. The number of likely N-dealkylation sites (N-methyl/N-ethyl adjacent to an activating group) is 1. The van der Waals surface area contributed by atoms with Crippen LogP contribution in [0.1, 0.15) is 11.5 Å². The van der Waals surface area contributed by atoms with Crippen molar-refractivity contribution >= 4 is 87.3 Å². The highest BCUT2D eigenvalue weighted by atomic mass is 35.5. The van der Waals surface area contributed by atoms with Gasteiger partial charge in [0, 0.05) is 13.1 Å². The number of nitrogens with zero attached hydrogens (tertiary/aromatic N) is 1. The second-order valence-corrected chi connectivity index (χ2v) is 7.62. The first-order valence-corrected chi connectivity index (χ1v) is 9.54. The van der Waals surface area contributed by atoms with Gasteiger partial charge in [-0.15, -0.1) is 0 Å². The molecular weight excluding hydrogens is 478 g/mol. The number of hydrogen-bond acceptors (Lipinski definition) is 4. The molecule has 1 amide bonds. The van der Waals surface area contributed by atoms with Gasteiger partial charge in [-0.05, 0) is 24.4 Å². The predicted octanol–water partition coefficient (Wildman–Crippen LogP) is 5.81. The second-order valence-electron chi connectivity index (χ2n) is 5.34. The minimum Gasteiger partial charge on any atom is -0.482 e. The van der Waals surface area contributed by atoms with Crippen LogP contribution in [0.15, 0.2) is 22.2 Å². The third-order valence-electron chi connectivity index (χ3n) is 3.58. The van der Waals surface area contributed by atoms with Gasteiger partial charge in [0.25, 0.3) is 5.91 Å². The molecule has 5 nitrogen and oxygen atoms in total. The molecule has 11 heteroatoms. The number of carbonyl (C=O) groups excluding carboxylic acids is 1. The molecule has 27 heavy (non-hydrogen) atoms. The minimum absolute atomic E-state index is 0.00338. The molecule has 1 fully saturated rings. The van der Waals surface area contributed by atoms with E-state index >= 15 is 0 Å². The van der Waals surface area contributed by atoms with Gasteiger partial charge in [0.2, 0.25) is 0 Å². The van der Waals surface area contributed by atoms with Gasteiger partial charge < -0.3 is 14.5 Å². The van der Waals surface area contributed by atoms with Crippen molar-refractivity contribution in [3.05, 3.63) is 54.5 Å². The van der Waals surface area contributed by atoms with E-state index in [1.807, 2.05) is 0 Å². The highest BCUT2D eigenvalue weighted by molar-refractivity contribution is 7.80. The molecule has 2 aromatic rings. The molecule has 0 atom stereocenters. The number of furan rings is 1. The number of rotatable bonds is 4. The summed E-state index contributed by atoms with van der Waals surface area (Å²) < 4.78 is 11.2. The van der Waals surface area contributed by atoms with E-state index in [4.69, 9.17) is 79.4 Å². The first kappa shape index (κ1) is 20.6. The van der Waals surface area contributed by atoms with Gasteiger partial charge in [-0.1, -0.05) is 58.0 Å². The third-order valence-corrected chi connectivity index (χ3v) is 6.20. The van der Waals surface area contributed by atoms with Crippen LogP contribution in [0, 0.1) is 0 Å². The van der Waals surface area contributed by atoms with Crippen molar-refractivity contribution < 1.29 is 13.9 Å². The number of thiocarbonyl (C=S) groups is 1. The summed E-state index contributed by atoms with van der Waals surface area (Å²) in [5, 5.41) is 3.34. The number of ether oxygens (including phenoxy) is 1. The van der Waals surface area contributed by atoms with Crippen molar-refractivity contribution in [3.8, 4) is 5.75 Å².